The van der Waals surface area contributed by atoms with Gasteiger partial charge in [0.25, 0.3) is 5.91 Å². The van der Waals surface area contributed by atoms with Crippen LogP contribution >= 0.6 is 23.1 Å². The molecule has 0 saturated carbocycles. The molecule has 18 heavy (non-hydrogen) atoms. The van der Waals surface area contributed by atoms with Crippen molar-refractivity contribution >= 4 is 35.0 Å². The molecule has 1 aromatic rings. The van der Waals surface area contributed by atoms with Gasteiger partial charge in [0, 0.05) is 18.0 Å². The molecule has 0 bridgehead atoms. The Balaban J connectivity index is 2.14. The molecule has 1 fully saturated rings. The van der Waals surface area contributed by atoms with Gasteiger partial charge in [-0.2, -0.15) is 0 Å². The topological polar surface area (TPSA) is 57.6 Å². The maximum absolute atomic E-state index is 12.3. The average Bonchev–Trinajstić information content (AvgIpc) is 2.93. The van der Waals surface area contributed by atoms with Gasteiger partial charge >= 0.3 is 5.97 Å². The highest BCUT2D eigenvalue weighted by Crippen LogP contribution is 2.30. The second-order valence-corrected chi connectivity index (χ2v) is 6.21. The van der Waals surface area contributed by atoms with E-state index in [1.165, 1.54) is 11.3 Å². The zero-order valence-electron chi connectivity index (χ0n) is 10.3. The molecule has 2 rings (SSSR count). The van der Waals surface area contributed by atoms with Crippen LogP contribution in [0, 0.1) is 11.8 Å². The molecule has 1 aromatic heterocycles. The normalized spacial score (nSPS) is 23.3. The number of aliphatic carboxylic acids is 1. The summed E-state index contributed by atoms with van der Waals surface area (Å²) in [4.78, 5) is 26.7. The Morgan fingerprint density at radius 3 is 2.78 bits per heavy atom. The number of likely N-dealkylation sites (tertiary alicyclic amines) is 1. The molecule has 1 aliphatic heterocycles. The summed E-state index contributed by atoms with van der Waals surface area (Å²) in [6, 6.07) is 1.93. The number of carboxylic acid groups (broad SMARTS) is 1. The third-order valence-electron chi connectivity index (χ3n) is 3.26. The number of rotatable bonds is 3. The number of nitrogens with zero attached hydrogens (tertiary/aromatic N) is 1. The van der Waals surface area contributed by atoms with Gasteiger partial charge in [0.15, 0.2) is 0 Å². The molecule has 0 aromatic carbocycles. The maximum atomic E-state index is 12.3. The fourth-order valence-corrected chi connectivity index (χ4v) is 3.92. The lowest BCUT2D eigenvalue weighted by Gasteiger charge is -2.15. The van der Waals surface area contributed by atoms with Gasteiger partial charge in [0.1, 0.15) is 4.88 Å². The van der Waals surface area contributed by atoms with Crippen LogP contribution in [0.15, 0.2) is 16.3 Å². The van der Waals surface area contributed by atoms with Crippen molar-refractivity contribution in [2.75, 3.05) is 19.3 Å². The van der Waals surface area contributed by atoms with Gasteiger partial charge in [-0.15, -0.1) is 23.1 Å². The van der Waals surface area contributed by atoms with Crippen molar-refractivity contribution in [3.63, 3.8) is 0 Å². The number of hydrogen-bond acceptors (Lipinski definition) is 4. The van der Waals surface area contributed by atoms with Crippen molar-refractivity contribution < 1.29 is 14.7 Å². The summed E-state index contributed by atoms with van der Waals surface area (Å²) < 4.78 is 0. The lowest BCUT2D eigenvalue weighted by atomic mass is 9.99. The molecule has 2 heterocycles. The highest BCUT2D eigenvalue weighted by Gasteiger charge is 2.37. The summed E-state index contributed by atoms with van der Waals surface area (Å²) in [6.45, 7) is 2.73. The summed E-state index contributed by atoms with van der Waals surface area (Å²) in [6.07, 6.45) is 1.94. The zero-order chi connectivity index (χ0) is 13.3. The lowest BCUT2D eigenvalue weighted by molar-refractivity contribution is -0.142. The Morgan fingerprint density at radius 2 is 2.22 bits per heavy atom. The molecule has 0 unspecified atom stereocenters. The molecule has 0 radical (unpaired) electrons. The van der Waals surface area contributed by atoms with Crippen LogP contribution in [0.5, 0.6) is 0 Å². The van der Waals surface area contributed by atoms with Gasteiger partial charge in [-0.3, -0.25) is 9.59 Å². The van der Waals surface area contributed by atoms with Crippen molar-refractivity contribution in [2.24, 2.45) is 11.8 Å². The molecule has 2 atom stereocenters. The lowest BCUT2D eigenvalue weighted by Crippen LogP contribution is -2.29. The molecular weight excluding hydrogens is 270 g/mol. The SMILES string of the molecule is CSc1ccsc1C(=O)N1C[C@@H](C)[C@H](C(=O)O)C1. The summed E-state index contributed by atoms with van der Waals surface area (Å²) in [5.41, 5.74) is 0. The fourth-order valence-electron chi connectivity index (χ4n) is 2.21. The Hall–Kier alpha value is -1.01. The molecule has 4 nitrogen and oxygen atoms in total. The van der Waals surface area contributed by atoms with E-state index in [1.807, 2.05) is 24.6 Å². The fraction of sp³-hybridized carbons (Fsp3) is 0.500. The van der Waals surface area contributed by atoms with Gasteiger partial charge in [0.2, 0.25) is 0 Å². The van der Waals surface area contributed by atoms with E-state index in [4.69, 9.17) is 5.11 Å². The number of hydrogen-bond donors (Lipinski definition) is 1. The molecule has 1 amide bonds. The monoisotopic (exact) mass is 285 g/mol. The highest BCUT2D eigenvalue weighted by atomic mass is 32.2. The largest absolute Gasteiger partial charge is 0.481 e. The zero-order valence-corrected chi connectivity index (χ0v) is 11.9. The van der Waals surface area contributed by atoms with E-state index in [2.05, 4.69) is 0 Å². The van der Waals surface area contributed by atoms with E-state index in [0.717, 1.165) is 9.77 Å². The molecule has 0 aliphatic carbocycles. The smallest absolute Gasteiger partial charge is 0.308 e. The van der Waals surface area contributed by atoms with Gasteiger partial charge in [-0.25, -0.2) is 0 Å². The number of carbonyl (C=O) groups is 2. The van der Waals surface area contributed by atoms with Gasteiger partial charge < -0.3 is 10.0 Å². The Bertz CT molecular complexity index is 472. The van der Waals surface area contributed by atoms with Crippen LogP contribution < -0.4 is 0 Å². The highest BCUT2D eigenvalue weighted by molar-refractivity contribution is 7.98. The molecule has 0 spiro atoms. The number of thiophene rings is 1. The van der Waals surface area contributed by atoms with E-state index in [-0.39, 0.29) is 11.8 Å². The van der Waals surface area contributed by atoms with Gasteiger partial charge in [0.05, 0.1) is 5.92 Å². The first kappa shape index (κ1) is 13.4. The van der Waals surface area contributed by atoms with Crippen LogP contribution in [0.3, 0.4) is 0 Å². The number of carbonyl (C=O) groups excluding carboxylic acids is 1. The molecule has 1 saturated heterocycles. The number of carboxylic acids is 1. The first-order valence-electron chi connectivity index (χ1n) is 5.68. The van der Waals surface area contributed by atoms with Crippen LogP contribution in [0.2, 0.25) is 0 Å². The molecule has 1 aliphatic rings. The Kier molecular flexibility index (Phi) is 3.97. The predicted octanol–water partition coefficient (Wildman–Crippen LogP) is 2.26. The van der Waals surface area contributed by atoms with E-state index in [1.54, 1.807) is 16.7 Å². The maximum Gasteiger partial charge on any atom is 0.308 e. The van der Waals surface area contributed by atoms with E-state index >= 15 is 0 Å². The van der Waals surface area contributed by atoms with Crippen molar-refractivity contribution in [1.82, 2.24) is 4.90 Å². The van der Waals surface area contributed by atoms with E-state index in [9.17, 15) is 9.59 Å². The number of thioether (sulfide) groups is 1. The quantitative estimate of drug-likeness (QED) is 0.866. The van der Waals surface area contributed by atoms with Crippen molar-refractivity contribution in [3.8, 4) is 0 Å². The minimum Gasteiger partial charge on any atom is -0.481 e. The van der Waals surface area contributed by atoms with Crippen LogP contribution in [-0.2, 0) is 4.79 Å². The van der Waals surface area contributed by atoms with Crippen LogP contribution in [0.4, 0.5) is 0 Å². The van der Waals surface area contributed by atoms with Crippen molar-refractivity contribution in [3.05, 3.63) is 16.3 Å². The van der Waals surface area contributed by atoms with Gasteiger partial charge in [-0.1, -0.05) is 6.92 Å². The minimum atomic E-state index is -0.811. The van der Waals surface area contributed by atoms with Crippen LogP contribution in [0.1, 0.15) is 16.6 Å². The Morgan fingerprint density at radius 1 is 1.50 bits per heavy atom. The van der Waals surface area contributed by atoms with Crippen molar-refractivity contribution in [1.29, 1.82) is 0 Å². The van der Waals surface area contributed by atoms with Crippen molar-refractivity contribution in [2.45, 2.75) is 11.8 Å². The number of amides is 1. The molecular formula is C12H15NO3S2. The Labute approximate surface area is 114 Å². The first-order chi connectivity index (χ1) is 8.54. The molecule has 1 N–H and O–H groups in total. The van der Waals surface area contributed by atoms with Crippen LogP contribution in [0.25, 0.3) is 0 Å². The summed E-state index contributed by atoms with van der Waals surface area (Å²) in [5, 5.41) is 11.0. The standard InChI is InChI=1S/C12H15NO3S2/c1-7-5-13(6-8(7)12(15)16)11(14)10-9(17-2)3-4-18-10/h3-4,7-8H,5-6H2,1-2H3,(H,15,16)/t7-,8-/m1/s1. The summed E-state index contributed by atoms with van der Waals surface area (Å²) in [5.74, 6) is -1.27. The minimum absolute atomic E-state index is 0.0177. The first-order valence-corrected chi connectivity index (χ1v) is 7.78. The summed E-state index contributed by atoms with van der Waals surface area (Å²) in [7, 11) is 0. The summed E-state index contributed by atoms with van der Waals surface area (Å²) >= 11 is 2.96. The second-order valence-electron chi connectivity index (χ2n) is 4.45. The third kappa shape index (κ3) is 2.40. The van der Waals surface area contributed by atoms with Gasteiger partial charge in [-0.05, 0) is 23.6 Å². The second kappa shape index (κ2) is 5.32. The predicted molar refractivity (Wildman–Crippen MR) is 72.3 cm³/mol. The molecule has 6 heteroatoms. The van der Waals surface area contributed by atoms with E-state index < -0.39 is 11.9 Å². The molecule has 98 valence electrons. The van der Waals surface area contributed by atoms with Crippen LogP contribution in [-0.4, -0.2) is 41.2 Å². The van der Waals surface area contributed by atoms with E-state index in [0.29, 0.717) is 13.1 Å². The third-order valence-corrected chi connectivity index (χ3v) is 5.07. The average molecular weight is 285 g/mol.